The molecule has 1 aromatic carbocycles. The maximum absolute atomic E-state index is 12.1. The number of hydrogen-bond acceptors (Lipinski definition) is 2. The second-order valence-corrected chi connectivity index (χ2v) is 4.69. The van der Waals surface area contributed by atoms with Crippen LogP contribution in [0.15, 0.2) is 18.2 Å². The van der Waals surface area contributed by atoms with Crippen LogP contribution in [0.4, 0.5) is 18.9 Å². The number of rotatable bonds is 4. The molecular weight excluding hydrogens is 265 g/mol. The van der Waals surface area contributed by atoms with Gasteiger partial charge in [-0.05, 0) is 24.6 Å². The summed E-state index contributed by atoms with van der Waals surface area (Å²) in [7, 11) is 1.60. The number of hydrogen-bond donors (Lipinski definition) is 1. The van der Waals surface area contributed by atoms with E-state index in [4.69, 9.17) is 17.3 Å². The quantitative estimate of drug-likeness (QED) is 0.910. The molecule has 18 heavy (non-hydrogen) atoms. The molecular formula is C12H16ClF3N2. The van der Waals surface area contributed by atoms with Gasteiger partial charge in [0.15, 0.2) is 0 Å². The maximum Gasteiger partial charge on any atom is 0.390 e. The Morgan fingerprint density at radius 3 is 2.44 bits per heavy atom. The van der Waals surface area contributed by atoms with Gasteiger partial charge in [0.25, 0.3) is 0 Å². The largest absolute Gasteiger partial charge is 0.390 e. The molecule has 0 radical (unpaired) electrons. The molecule has 0 aliphatic carbocycles. The molecule has 0 fully saturated rings. The van der Waals surface area contributed by atoms with Crippen LogP contribution in [0.25, 0.3) is 0 Å². The Morgan fingerprint density at radius 1 is 1.39 bits per heavy atom. The lowest BCUT2D eigenvalue weighted by atomic mass is 10.1. The van der Waals surface area contributed by atoms with Crippen molar-refractivity contribution in [3.05, 3.63) is 28.8 Å². The highest BCUT2D eigenvalue weighted by molar-refractivity contribution is 6.31. The summed E-state index contributed by atoms with van der Waals surface area (Å²) in [5, 5.41) is 0.473. The highest BCUT2D eigenvalue weighted by atomic mass is 35.5. The van der Waals surface area contributed by atoms with Crippen molar-refractivity contribution in [3.8, 4) is 0 Å². The second kappa shape index (κ2) is 5.80. The summed E-state index contributed by atoms with van der Waals surface area (Å²) in [6.45, 7) is 1.70. The zero-order valence-electron chi connectivity index (χ0n) is 10.3. The van der Waals surface area contributed by atoms with E-state index in [1.807, 2.05) is 0 Å². The van der Waals surface area contributed by atoms with Crippen LogP contribution in [0.1, 0.15) is 24.9 Å². The van der Waals surface area contributed by atoms with E-state index in [0.29, 0.717) is 10.7 Å². The van der Waals surface area contributed by atoms with Crippen molar-refractivity contribution in [2.24, 2.45) is 5.73 Å². The molecule has 0 aliphatic rings. The van der Waals surface area contributed by atoms with Crippen molar-refractivity contribution >= 4 is 17.3 Å². The van der Waals surface area contributed by atoms with E-state index in [2.05, 4.69) is 0 Å². The van der Waals surface area contributed by atoms with Crippen molar-refractivity contribution in [1.82, 2.24) is 0 Å². The van der Waals surface area contributed by atoms with Crippen molar-refractivity contribution in [3.63, 3.8) is 0 Å². The minimum atomic E-state index is -4.15. The van der Waals surface area contributed by atoms with Crippen LogP contribution in [-0.2, 0) is 0 Å². The summed E-state index contributed by atoms with van der Waals surface area (Å²) in [6, 6.07) is 4.90. The monoisotopic (exact) mass is 280 g/mol. The van der Waals surface area contributed by atoms with Crippen molar-refractivity contribution in [2.75, 3.05) is 18.5 Å². The smallest absolute Gasteiger partial charge is 0.374 e. The number of benzene rings is 1. The lowest BCUT2D eigenvalue weighted by Gasteiger charge is -2.21. The van der Waals surface area contributed by atoms with Gasteiger partial charge in [-0.15, -0.1) is 0 Å². The average molecular weight is 281 g/mol. The van der Waals surface area contributed by atoms with Crippen LogP contribution < -0.4 is 10.6 Å². The summed E-state index contributed by atoms with van der Waals surface area (Å²) >= 11 is 6.03. The summed E-state index contributed by atoms with van der Waals surface area (Å²) in [6.07, 6.45) is -5.00. The molecule has 0 amide bonds. The van der Waals surface area contributed by atoms with Gasteiger partial charge in [-0.1, -0.05) is 17.7 Å². The fourth-order valence-electron chi connectivity index (χ4n) is 1.55. The van der Waals surface area contributed by atoms with E-state index >= 15 is 0 Å². The van der Waals surface area contributed by atoms with E-state index in [9.17, 15) is 13.2 Å². The third kappa shape index (κ3) is 4.38. The number of alkyl halides is 3. The molecule has 102 valence electrons. The first-order chi connectivity index (χ1) is 8.20. The third-order valence-electron chi connectivity index (χ3n) is 2.65. The zero-order valence-corrected chi connectivity index (χ0v) is 11.0. The predicted octanol–water partition coefficient (Wildman–Crippen LogP) is 3.75. The topological polar surface area (TPSA) is 29.3 Å². The molecule has 1 atom stereocenters. The molecule has 1 aromatic rings. The molecule has 1 rings (SSSR count). The van der Waals surface area contributed by atoms with Crippen LogP contribution >= 0.6 is 11.6 Å². The van der Waals surface area contributed by atoms with Gasteiger partial charge in [0.2, 0.25) is 0 Å². The molecule has 2 N–H and O–H groups in total. The average Bonchev–Trinajstić information content (AvgIpc) is 2.24. The highest BCUT2D eigenvalue weighted by Gasteiger charge is 2.27. The molecule has 0 spiro atoms. The van der Waals surface area contributed by atoms with Crippen LogP contribution in [0.2, 0.25) is 5.02 Å². The third-order valence-corrected chi connectivity index (χ3v) is 2.97. The van der Waals surface area contributed by atoms with Crippen LogP contribution in [0.3, 0.4) is 0 Å². The number of anilines is 1. The van der Waals surface area contributed by atoms with Gasteiger partial charge >= 0.3 is 6.18 Å². The Labute approximate surface area is 110 Å². The van der Waals surface area contributed by atoms with Gasteiger partial charge < -0.3 is 10.6 Å². The fraction of sp³-hybridized carbons (Fsp3) is 0.500. The van der Waals surface area contributed by atoms with Gasteiger partial charge in [0.05, 0.1) is 6.42 Å². The summed E-state index contributed by atoms with van der Waals surface area (Å²) < 4.78 is 36.3. The van der Waals surface area contributed by atoms with Crippen LogP contribution in [-0.4, -0.2) is 19.8 Å². The fourth-order valence-corrected chi connectivity index (χ4v) is 1.89. The molecule has 0 aliphatic heterocycles. The molecule has 0 aromatic heterocycles. The summed E-state index contributed by atoms with van der Waals surface area (Å²) in [5.41, 5.74) is 7.14. The highest BCUT2D eigenvalue weighted by Crippen LogP contribution is 2.27. The number of nitrogens with zero attached hydrogens (tertiary/aromatic N) is 1. The molecule has 6 heteroatoms. The molecule has 2 nitrogen and oxygen atoms in total. The summed E-state index contributed by atoms with van der Waals surface area (Å²) in [4.78, 5) is 1.52. The number of halogens is 4. The van der Waals surface area contributed by atoms with E-state index in [-0.39, 0.29) is 12.6 Å². The van der Waals surface area contributed by atoms with Crippen molar-refractivity contribution in [2.45, 2.75) is 25.6 Å². The van der Waals surface area contributed by atoms with E-state index in [1.165, 1.54) is 4.90 Å². The van der Waals surface area contributed by atoms with Crippen LogP contribution in [0.5, 0.6) is 0 Å². The first-order valence-corrected chi connectivity index (χ1v) is 5.91. The minimum absolute atomic E-state index is 0.0998. The van der Waals surface area contributed by atoms with E-state index < -0.39 is 12.6 Å². The minimum Gasteiger partial charge on any atom is -0.374 e. The molecule has 0 bridgehead atoms. The Morgan fingerprint density at radius 2 is 2.00 bits per heavy atom. The Bertz CT molecular complexity index is 405. The molecule has 0 saturated carbocycles. The zero-order chi connectivity index (χ0) is 13.9. The molecule has 0 saturated heterocycles. The first-order valence-electron chi connectivity index (χ1n) is 5.53. The van der Waals surface area contributed by atoms with Gasteiger partial charge in [0.1, 0.15) is 0 Å². The van der Waals surface area contributed by atoms with Gasteiger partial charge in [-0.3, -0.25) is 0 Å². The SMILES string of the molecule is CC(N)c1ccc(N(C)CCC(F)(F)F)cc1Cl. The Hall–Kier alpha value is -0.940. The molecule has 0 heterocycles. The van der Waals surface area contributed by atoms with Crippen molar-refractivity contribution < 1.29 is 13.2 Å². The number of nitrogens with two attached hydrogens (primary N) is 1. The summed E-state index contributed by atoms with van der Waals surface area (Å²) in [5.74, 6) is 0. The standard InChI is InChI=1S/C12H16ClF3N2/c1-8(17)10-4-3-9(7-11(10)13)18(2)6-5-12(14,15)16/h3-4,7-8H,5-6,17H2,1-2H3. The van der Waals surface area contributed by atoms with Gasteiger partial charge in [-0.2, -0.15) is 13.2 Å². The first kappa shape index (κ1) is 15.1. The van der Waals surface area contributed by atoms with Gasteiger partial charge in [0, 0.05) is 30.3 Å². The van der Waals surface area contributed by atoms with E-state index in [1.54, 1.807) is 32.2 Å². The molecule has 1 unspecified atom stereocenters. The van der Waals surface area contributed by atoms with Crippen molar-refractivity contribution in [1.29, 1.82) is 0 Å². The predicted molar refractivity (Wildman–Crippen MR) is 68.0 cm³/mol. The van der Waals surface area contributed by atoms with E-state index in [0.717, 1.165) is 5.56 Å². The maximum atomic E-state index is 12.1. The second-order valence-electron chi connectivity index (χ2n) is 4.28. The van der Waals surface area contributed by atoms with Gasteiger partial charge in [-0.25, -0.2) is 0 Å². The Kier molecular flexibility index (Phi) is 4.87. The lowest BCUT2D eigenvalue weighted by molar-refractivity contribution is -0.132. The lowest BCUT2D eigenvalue weighted by Crippen LogP contribution is -2.24. The Balaban J connectivity index is 2.75. The normalized spacial score (nSPS) is 13.5. The van der Waals surface area contributed by atoms with Crippen LogP contribution in [0, 0.1) is 0 Å².